The topological polar surface area (TPSA) is 81.7 Å². The molecule has 0 aliphatic carbocycles. The Morgan fingerprint density at radius 1 is 0.903 bits per heavy atom. The van der Waals surface area contributed by atoms with Gasteiger partial charge in [0.2, 0.25) is 0 Å². The SMILES string of the molecule is CC(=O)c1cccc(OCC(=O)O[C@@H](C)C(=O)Nc2ccccc2-c2ccccc2)c1. The number of anilines is 1. The van der Waals surface area contributed by atoms with Crippen molar-refractivity contribution in [1.29, 1.82) is 0 Å². The van der Waals surface area contributed by atoms with E-state index in [2.05, 4.69) is 5.32 Å². The van der Waals surface area contributed by atoms with Crippen LogP contribution in [0.4, 0.5) is 5.69 Å². The third-order valence-electron chi connectivity index (χ3n) is 4.54. The van der Waals surface area contributed by atoms with E-state index in [-0.39, 0.29) is 12.4 Å². The maximum absolute atomic E-state index is 12.6. The molecule has 31 heavy (non-hydrogen) atoms. The third-order valence-corrected chi connectivity index (χ3v) is 4.54. The van der Waals surface area contributed by atoms with E-state index in [0.717, 1.165) is 11.1 Å². The summed E-state index contributed by atoms with van der Waals surface area (Å²) < 4.78 is 10.6. The maximum Gasteiger partial charge on any atom is 0.344 e. The minimum atomic E-state index is -1.01. The van der Waals surface area contributed by atoms with Gasteiger partial charge in [-0.05, 0) is 37.6 Å². The molecule has 3 aromatic carbocycles. The summed E-state index contributed by atoms with van der Waals surface area (Å²) in [7, 11) is 0. The maximum atomic E-state index is 12.6. The van der Waals surface area contributed by atoms with Crippen LogP contribution in [0, 0.1) is 0 Å². The molecule has 1 atom stereocenters. The molecule has 3 rings (SSSR count). The molecule has 0 bridgehead atoms. The smallest absolute Gasteiger partial charge is 0.344 e. The predicted molar refractivity (Wildman–Crippen MR) is 118 cm³/mol. The summed E-state index contributed by atoms with van der Waals surface area (Å²) in [5.41, 5.74) is 2.93. The summed E-state index contributed by atoms with van der Waals surface area (Å²) >= 11 is 0. The minimum Gasteiger partial charge on any atom is -0.482 e. The lowest BCUT2D eigenvalue weighted by atomic mass is 10.0. The van der Waals surface area contributed by atoms with E-state index >= 15 is 0 Å². The number of amides is 1. The molecule has 0 fully saturated rings. The minimum absolute atomic E-state index is 0.103. The zero-order valence-corrected chi connectivity index (χ0v) is 17.3. The van der Waals surface area contributed by atoms with Gasteiger partial charge in [-0.25, -0.2) is 4.79 Å². The van der Waals surface area contributed by atoms with Gasteiger partial charge in [0.25, 0.3) is 5.91 Å². The van der Waals surface area contributed by atoms with Crippen molar-refractivity contribution in [2.75, 3.05) is 11.9 Å². The van der Waals surface area contributed by atoms with Crippen LogP contribution in [-0.4, -0.2) is 30.4 Å². The van der Waals surface area contributed by atoms with E-state index in [1.807, 2.05) is 48.5 Å². The number of esters is 1. The Morgan fingerprint density at radius 2 is 1.61 bits per heavy atom. The third kappa shape index (κ3) is 6.02. The van der Waals surface area contributed by atoms with Crippen LogP contribution < -0.4 is 10.1 Å². The van der Waals surface area contributed by atoms with Crippen molar-refractivity contribution in [1.82, 2.24) is 0 Å². The van der Waals surface area contributed by atoms with Crippen molar-refractivity contribution in [3.63, 3.8) is 0 Å². The van der Waals surface area contributed by atoms with Gasteiger partial charge in [0.1, 0.15) is 5.75 Å². The van der Waals surface area contributed by atoms with Gasteiger partial charge in [0.05, 0.1) is 0 Å². The van der Waals surface area contributed by atoms with Gasteiger partial charge in [-0.15, -0.1) is 0 Å². The molecule has 0 saturated heterocycles. The fourth-order valence-electron chi connectivity index (χ4n) is 2.93. The molecule has 3 aromatic rings. The van der Waals surface area contributed by atoms with Crippen molar-refractivity contribution in [2.24, 2.45) is 0 Å². The van der Waals surface area contributed by atoms with Gasteiger partial charge in [-0.1, -0.05) is 60.7 Å². The average molecular weight is 417 g/mol. The standard InChI is InChI=1S/C25H23NO5/c1-17(27)20-11-8-12-21(15-20)30-16-24(28)31-18(2)25(29)26-23-14-7-6-13-22(23)19-9-4-3-5-10-19/h3-15,18H,16H2,1-2H3,(H,26,29)/t18-/m0/s1. The fraction of sp³-hybridized carbons (Fsp3) is 0.160. The summed E-state index contributed by atoms with van der Waals surface area (Å²) in [6.45, 7) is 2.57. The van der Waals surface area contributed by atoms with E-state index < -0.39 is 18.0 Å². The lowest BCUT2D eigenvalue weighted by molar-refractivity contribution is -0.155. The summed E-state index contributed by atoms with van der Waals surface area (Å²) in [6.07, 6.45) is -1.01. The second kappa shape index (κ2) is 10.2. The van der Waals surface area contributed by atoms with Crippen LogP contribution >= 0.6 is 0 Å². The first kappa shape index (κ1) is 21.8. The zero-order valence-electron chi connectivity index (χ0n) is 17.3. The van der Waals surface area contributed by atoms with Crippen LogP contribution in [0.1, 0.15) is 24.2 Å². The van der Waals surface area contributed by atoms with E-state index in [1.165, 1.54) is 13.8 Å². The number of nitrogens with one attached hydrogen (secondary N) is 1. The Kier molecular flexibility index (Phi) is 7.17. The molecule has 0 unspecified atom stereocenters. The first-order chi connectivity index (χ1) is 14.9. The van der Waals surface area contributed by atoms with Crippen molar-refractivity contribution >= 4 is 23.3 Å². The average Bonchev–Trinajstić information content (AvgIpc) is 2.78. The van der Waals surface area contributed by atoms with Gasteiger partial charge in [-0.3, -0.25) is 9.59 Å². The number of hydrogen-bond acceptors (Lipinski definition) is 5. The van der Waals surface area contributed by atoms with E-state index in [4.69, 9.17) is 9.47 Å². The van der Waals surface area contributed by atoms with Gasteiger partial charge >= 0.3 is 5.97 Å². The Balaban J connectivity index is 1.57. The number of ether oxygens (including phenoxy) is 2. The number of Topliss-reactive ketones (excluding diaryl/α,β-unsaturated/α-hetero) is 1. The molecule has 1 amide bonds. The summed E-state index contributed by atoms with van der Waals surface area (Å²) in [6, 6.07) is 23.6. The normalized spacial score (nSPS) is 11.3. The molecule has 0 aliphatic heterocycles. The molecule has 0 saturated carbocycles. The summed E-state index contributed by atoms with van der Waals surface area (Å²) in [5.74, 6) is -0.866. The molecule has 6 heteroatoms. The summed E-state index contributed by atoms with van der Waals surface area (Å²) in [5, 5.41) is 2.81. The Hall–Kier alpha value is -3.93. The van der Waals surface area contributed by atoms with Crippen molar-refractivity contribution in [3.8, 4) is 16.9 Å². The van der Waals surface area contributed by atoms with Crippen molar-refractivity contribution < 1.29 is 23.9 Å². The number of ketones is 1. The molecule has 0 aromatic heterocycles. The zero-order chi connectivity index (χ0) is 22.2. The second-order valence-electron chi connectivity index (χ2n) is 6.91. The molecule has 0 heterocycles. The molecule has 158 valence electrons. The molecule has 0 aliphatic rings. The Labute approximate surface area is 180 Å². The van der Waals surface area contributed by atoms with E-state index in [1.54, 1.807) is 30.3 Å². The van der Waals surface area contributed by atoms with Gasteiger partial charge in [0.15, 0.2) is 18.5 Å². The highest BCUT2D eigenvalue weighted by molar-refractivity contribution is 5.98. The lowest BCUT2D eigenvalue weighted by Gasteiger charge is -2.16. The Morgan fingerprint density at radius 3 is 2.35 bits per heavy atom. The largest absolute Gasteiger partial charge is 0.482 e. The number of para-hydroxylation sites is 1. The predicted octanol–water partition coefficient (Wildman–Crippen LogP) is 4.51. The second-order valence-corrected chi connectivity index (χ2v) is 6.91. The van der Waals surface area contributed by atoms with Gasteiger partial charge in [0, 0.05) is 16.8 Å². The van der Waals surface area contributed by atoms with Crippen molar-refractivity contribution in [3.05, 3.63) is 84.4 Å². The van der Waals surface area contributed by atoms with Crippen molar-refractivity contribution in [2.45, 2.75) is 20.0 Å². The summed E-state index contributed by atoms with van der Waals surface area (Å²) in [4.78, 5) is 36.1. The van der Waals surface area contributed by atoms with Gasteiger partial charge in [-0.2, -0.15) is 0 Å². The molecule has 0 radical (unpaired) electrons. The Bertz CT molecular complexity index is 1080. The first-order valence-corrected chi connectivity index (χ1v) is 9.82. The van der Waals surface area contributed by atoms with Crippen LogP contribution in [0.25, 0.3) is 11.1 Å². The number of benzene rings is 3. The quantitative estimate of drug-likeness (QED) is 0.431. The number of carbonyl (C=O) groups excluding carboxylic acids is 3. The first-order valence-electron chi connectivity index (χ1n) is 9.82. The van der Waals surface area contributed by atoms with E-state index in [0.29, 0.717) is 17.0 Å². The van der Waals surface area contributed by atoms with Gasteiger partial charge < -0.3 is 14.8 Å². The molecule has 6 nitrogen and oxygen atoms in total. The monoisotopic (exact) mass is 417 g/mol. The number of rotatable bonds is 8. The highest BCUT2D eigenvalue weighted by Gasteiger charge is 2.19. The molecular formula is C25H23NO5. The van der Waals surface area contributed by atoms with Crippen LogP contribution in [0.5, 0.6) is 5.75 Å². The molecule has 1 N–H and O–H groups in total. The highest BCUT2D eigenvalue weighted by Crippen LogP contribution is 2.27. The van der Waals surface area contributed by atoms with Crippen LogP contribution in [0.3, 0.4) is 0 Å². The van der Waals surface area contributed by atoms with E-state index in [9.17, 15) is 14.4 Å². The highest BCUT2D eigenvalue weighted by atomic mass is 16.6. The van der Waals surface area contributed by atoms with Crippen LogP contribution in [-0.2, 0) is 14.3 Å². The lowest BCUT2D eigenvalue weighted by Crippen LogP contribution is -2.31. The van der Waals surface area contributed by atoms with Crippen LogP contribution in [0.2, 0.25) is 0 Å². The molecular weight excluding hydrogens is 394 g/mol. The molecule has 0 spiro atoms. The number of hydrogen-bond donors (Lipinski definition) is 1. The number of carbonyl (C=O) groups is 3. The fourth-order valence-corrected chi connectivity index (χ4v) is 2.93. The van der Waals surface area contributed by atoms with Crippen LogP contribution in [0.15, 0.2) is 78.9 Å².